The molecule has 1 aliphatic rings. The zero-order valence-electron chi connectivity index (χ0n) is 6.83. The molecule has 4 radical (unpaired) electrons. The molecule has 0 aliphatic carbocycles. The molecule has 0 atom stereocenters. The van der Waals surface area contributed by atoms with Crippen LogP contribution in [0, 0.1) is 0 Å². The molecule has 0 saturated heterocycles. The lowest BCUT2D eigenvalue weighted by molar-refractivity contribution is 1.14. The van der Waals surface area contributed by atoms with E-state index < -0.39 is 0 Å². The molecule has 0 aromatic heterocycles. The number of nitrogens with zero attached hydrogens (tertiary/aromatic N) is 1. The molecular formula is C6H11B3N2. The Hall–Kier alpha value is -0.595. The highest BCUT2D eigenvalue weighted by Crippen LogP contribution is 1.73. The van der Waals surface area contributed by atoms with Crippen LogP contribution in [0.4, 0.5) is 0 Å². The monoisotopic (exact) mass is 144 g/mol. The van der Waals surface area contributed by atoms with E-state index in [0.29, 0.717) is 0 Å². The molecule has 1 N–H and O–H groups in total. The first-order valence-corrected chi connectivity index (χ1v) is 3.68. The van der Waals surface area contributed by atoms with E-state index in [9.17, 15) is 0 Å². The van der Waals surface area contributed by atoms with Gasteiger partial charge in [0.25, 0.3) is 0 Å². The summed E-state index contributed by atoms with van der Waals surface area (Å²) in [5.41, 5.74) is 0. The van der Waals surface area contributed by atoms with E-state index in [4.69, 9.17) is 7.74 Å². The van der Waals surface area contributed by atoms with Gasteiger partial charge in [-0.2, -0.15) is 0 Å². The fourth-order valence-electron chi connectivity index (χ4n) is 0.466. The van der Waals surface area contributed by atoms with E-state index in [2.05, 4.69) is 10.3 Å². The van der Waals surface area contributed by atoms with Crippen molar-refractivity contribution in [3.63, 3.8) is 0 Å². The third-order valence-electron chi connectivity index (χ3n) is 0.963. The van der Waals surface area contributed by atoms with Crippen LogP contribution in [0.5, 0.6) is 0 Å². The summed E-state index contributed by atoms with van der Waals surface area (Å²) < 4.78 is 0. The van der Waals surface area contributed by atoms with E-state index in [0.717, 1.165) is 12.9 Å². The lowest BCUT2D eigenvalue weighted by Crippen LogP contribution is -2.04. The van der Waals surface area contributed by atoms with Gasteiger partial charge in [0.1, 0.15) is 0 Å². The molecule has 11 heavy (non-hydrogen) atoms. The average Bonchev–Trinajstić information content (AvgIpc) is 2.10. The van der Waals surface area contributed by atoms with Gasteiger partial charge in [-0.05, 0) is 12.3 Å². The molecule has 0 bridgehead atoms. The van der Waals surface area contributed by atoms with E-state index in [1.54, 1.807) is 13.4 Å². The molecule has 54 valence electrons. The van der Waals surface area contributed by atoms with Gasteiger partial charge in [0.2, 0.25) is 0 Å². The molecule has 1 rings (SSSR count). The molecule has 5 heteroatoms. The van der Waals surface area contributed by atoms with Crippen molar-refractivity contribution >= 4 is 28.3 Å². The van der Waals surface area contributed by atoms with Gasteiger partial charge < -0.3 is 5.32 Å². The van der Waals surface area contributed by atoms with Gasteiger partial charge in [-0.25, -0.2) is 0 Å². The molecule has 0 aromatic carbocycles. The van der Waals surface area contributed by atoms with E-state index in [-0.39, 0.29) is 0 Å². The second-order valence-electron chi connectivity index (χ2n) is 1.90. The summed E-state index contributed by atoms with van der Waals surface area (Å²) >= 11 is 0. The predicted octanol–water partition coefficient (Wildman–Crippen LogP) is -0.0369. The quantitative estimate of drug-likeness (QED) is 0.540. The molecular weight excluding hydrogens is 133 g/mol. The maximum Gasteiger partial charge on any atom is 0.0867 e. The SMILES string of the molecule is C1=CNC=NC1.[B][B][B]CC. The highest BCUT2D eigenvalue weighted by molar-refractivity contribution is 7.23. The standard InChI is InChI=1S/C4H6N2.C2H5B3/c1-2-5-4-6-3-1;1-2-4-5-3/h1-2,4H,3H2,(H,5,6);2H2,1H3. The maximum absolute atomic E-state index is 4.96. The van der Waals surface area contributed by atoms with Crippen LogP contribution >= 0.6 is 0 Å². The van der Waals surface area contributed by atoms with Gasteiger partial charge in [-0.3, -0.25) is 4.99 Å². The Morgan fingerprint density at radius 2 is 2.55 bits per heavy atom. The van der Waals surface area contributed by atoms with Gasteiger partial charge in [0.15, 0.2) is 0 Å². The minimum Gasteiger partial charge on any atom is -0.353 e. The lowest BCUT2D eigenvalue weighted by Gasteiger charge is -1.91. The fourth-order valence-corrected chi connectivity index (χ4v) is 0.466. The zero-order valence-corrected chi connectivity index (χ0v) is 6.83. The van der Waals surface area contributed by atoms with Crippen LogP contribution in [0.3, 0.4) is 0 Å². The van der Waals surface area contributed by atoms with Gasteiger partial charge in [-0.15, -0.1) is 0 Å². The Morgan fingerprint density at radius 3 is 2.64 bits per heavy atom. The molecule has 0 amide bonds. The Kier molecular flexibility index (Phi) is 8.90. The second-order valence-corrected chi connectivity index (χ2v) is 1.90. The Labute approximate surface area is 71.4 Å². The molecule has 2 nitrogen and oxygen atoms in total. The summed E-state index contributed by atoms with van der Waals surface area (Å²) in [6, 6.07) is 0. The van der Waals surface area contributed by atoms with E-state index >= 15 is 0 Å². The van der Waals surface area contributed by atoms with Crippen molar-refractivity contribution in [3.8, 4) is 0 Å². The number of hydrogen-bond donors (Lipinski definition) is 1. The number of hydrogen-bond acceptors (Lipinski definition) is 2. The third kappa shape index (κ3) is 9.40. The second kappa shape index (κ2) is 9.40. The highest BCUT2D eigenvalue weighted by atomic mass is 14.9. The van der Waals surface area contributed by atoms with Crippen LogP contribution in [-0.2, 0) is 0 Å². The fraction of sp³-hybridized carbons (Fsp3) is 0.500. The number of rotatable bonds is 2. The van der Waals surface area contributed by atoms with Crippen LogP contribution in [0.2, 0.25) is 6.32 Å². The largest absolute Gasteiger partial charge is 0.353 e. The summed E-state index contributed by atoms with van der Waals surface area (Å²) in [6.45, 7) is 2.87. The van der Waals surface area contributed by atoms with Crippen molar-refractivity contribution in [2.24, 2.45) is 4.99 Å². The number of nitrogens with one attached hydrogen (secondary N) is 1. The summed E-state index contributed by atoms with van der Waals surface area (Å²) in [5, 5.41) is 2.81. The smallest absolute Gasteiger partial charge is 0.0867 e. The van der Waals surface area contributed by atoms with Crippen molar-refractivity contribution in [2.75, 3.05) is 6.54 Å². The minimum atomic E-state index is 0.826. The predicted molar refractivity (Wildman–Crippen MR) is 53.4 cm³/mol. The molecule has 0 spiro atoms. The van der Waals surface area contributed by atoms with E-state index in [1.165, 1.54) is 0 Å². The first kappa shape index (κ1) is 10.4. The molecule has 0 aromatic rings. The number of aliphatic imine (C=N–C) groups is 1. The molecule has 1 heterocycles. The minimum absolute atomic E-state index is 0.826. The summed E-state index contributed by atoms with van der Waals surface area (Å²) in [7, 11) is 8.42. The van der Waals surface area contributed by atoms with Crippen molar-refractivity contribution in [2.45, 2.75) is 13.2 Å². The molecule has 0 unspecified atom stereocenters. The van der Waals surface area contributed by atoms with Crippen LogP contribution in [0.1, 0.15) is 6.92 Å². The summed E-state index contributed by atoms with van der Waals surface area (Å²) in [6.07, 6.45) is 6.55. The average molecular weight is 144 g/mol. The Morgan fingerprint density at radius 1 is 1.73 bits per heavy atom. The summed E-state index contributed by atoms with van der Waals surface area (Å²) in [5.74, 6) is 0. The zero-order chi connectivity index (χ0) is 8.36. The Bertz CT molecular complexity index is 103. The first-order chi connectivity index (χ1) is 5.41. The molecule has 0 saturated carbocycles. The van der Waals surface area contributed by atoms with E-state index in [1.807, 2.05) is 26.4 Å². The normalized spacial score (nSPS) is 12.5. The Balaban J connectivity index is 0.000000187. The van der Waals surface area contributed by atoms with Crippen LogP contribution in [-0.4, -0.2) is 34.9 Å². The lowest BCUT2D eigenvalue weighted by atomic mass is 9.27. The topological polar surface area (TPSA) is 24.4 Å². The van der Waals surface area contributed by atoms with Crippen molar-refractivity contribution in [3.05, 3.63) is 12.3 Å². The van der Waals surface area contributed by atoms with Crippen molar-refractivity contribution in [1.82, 2.24) is 5.32 Å². The third-order valence-corrected chi connectivity index (χ3v) is 0.963. The van der Waals surface area contributed by atoms with Gasteiger partial charge in [-0.1, -0.05) is 13.2 Å². The molecule has 1 aliphatic heterocycles. The molecule has 0 fully saturated rings. The van der Waals surface area contributed by atoms with Crippen molar-refractivity contribution in [1.29, 1.82) is 0 Å². The van der Waals surface area contributed by atoms with Crippen LogP contribution in [0.25, 0.3) is 0 Å². The highest BCUT2D eigenvalue weighted by Gasteiger charge is 1.74. The van der Waals surface area contributed by atoms with Gasteiger partial charge >= 0.3 is 0 Å². The summed E-state index contributed by atoms with van der Waals surface area (Å²) in [4.78, 5) is 3.85. The maximum atomic E-state index is 4.96. The van der Waals surface area contributed by atoms with Gasteiger partial charge in [0.05, 0.1) is 20.1 Å². The van der Waals surface area contributed by atoms with Crippen LogP contribution < -0.4 is 5.32 Å². The van der Waals surface area contributed by atoms with Crippen LogP contribution in [0.15, 0.2) is 17.3 Å². The first-order valence-electron chi connectivity index (χ1n) is 3.68. The van der Waals surface area contributed by atoms with Gasteiger partial charge in [0, 0.05) is 14.8 Å². The van der Waals surface area contributed by atoms with Crippen molar-refractivity contribution < 1.29 is 0 Å².